The van der Waals surface area contributed by atoms with Crippen molar-refractivity contribution < 1.29 is 14.3 Å². The number of rotatable bonds is 5. The van der Waals surface area contributed by atoms with Gasteiger partial charge in [-0.05, 0) is 30.3 Å². The summed E-state index contributed by atoms with van der Waals surface area (Å²) in [6, 6.07) is 12.6. The van der Waals surface area contributed by atoms with Gasteiger partial charge in [-0.2, -0.15) is 0 Å². The summed E-state index contributed by atoms with van der Waals surface area (Å²) in [5.74, 6) is 0.915. The van der Waals surface area contributed by atoms with Gasteiger partial charge in [-0.3, -0.25) is 4.79 Å². The number of methoxy groups -OCH3 is 2. The van der Waals surface area contributed by atoms with E-state index in [-0.39, 0.29) is 17.4 Å². The second-order valence-electron chi connectivity index (χ2n) is 5.21. The van der Waals surface area contributed by atoms with E-state index in [9.17, 15) is 4.79 Å². The van der Waals surface area contributed by atoms with E-state index in [1.807, 2.05) is 12.1 Å². The van der Waals surface area contributed by atoms with Gasteiger partial charge in [-0.25, -0.2) is 9.97 Å². The van der Waals surface area contributed by atoms with Gasteiger partial charge in [0.1, 0.15) is 11.5 Å². The number of para-hydroxylation sites is 2. The van der Waals surface area contributed by atoms with E-state index in [1.165, 1.54) is 0 Å². The van der Waals surface area contributed by atoms with Crippen molar-refractivity contribution in [3.05, 3.63) is 58.9 Å². The van der Waals surface area contributed by atoms with Crippen LogP contribution in [0.3, 0.4) is 0 Å². The third kappa shape index (κ3) is 3.64. The number of amides is 1. The van der Waals surface area contributed by atoms with Crippen LogP contribution >= 0.6 is 11.6 Å². The molecule has 2 aromatic carbocycles. The van der Waals surface area contributed by atoms with E-state index < -0.39 is 5.91 Å². The van der Waals surface area contributed by atoms with Crippen molar-refractivity contribution in [2.45, 2.75) is 6.54 Å². The zero-order valence-corrected chi connectivity index (χ0v) is 14.5. The van der Waals surface area contributed by atoms with Crippen LogP contribution in [0.4, 0.5) is 0 Å². The van der Waals surface area contributed by atoms with Gasteiger partial charge < -0.3 is 14.8 Å². The van der Waals surface area contributed by atoms with Gasteiger partial charge in [0, 0.05) is 12.1 Å². The molecule has 0 bridgehead atoms. The molecule has 1 aromatic heterocycles. The largest absolute Gasteiger partial charge is 0.497 e. The molecular formula is C18H16ClN3O3. The minimum absolute atomic E-state index is 0.0637. The topological polar surface area (TPSA) is 73.3 Å². The number of ether oxygens (including phenoxy) is 2. The van der Waals surface area contributed by atoms with Gasteiger partial charge in [0.05, 0.1) is 25.3 Å². The van der Waals surface area contributed by atoms with Crippen LogP contribution in [-0.2, 0) is 6.54 Å². The second-order valence-corrected chi connectivity index (χ2v) is 5.57. The molecule has 0 fully saturated rings. The van der Waals surface area contributed by atoms with Crippen molar-refractivity contribution in [2.75, 3.05) is 14.2 Å². The molecule has 0 unspecified atom stereocenters. The number of fused-ring (bicyclic) bond motifs is 1. The molecule has 0 radical (unpaired) electrons. The van der Waals surface area contributed by atoms with E-state index in [0.29, 0.717) is 22.5 Å². The Morgan fingerprint density at radius 1 is 1.08 bits per heavy atom. The lowest BCUT2D eigenvalue weighted by Crippen LogP contribution is -2.24. The first-order valence-corrected chi connectivity index (χ1v) is 7.91. The SMILES string of the molecule is COc1ccc(OC)c(CNC(=O)c2nc3ccccc3nc2Cl)c1. The average molecular weight is 358 g/mol. The lowest BCUT2D eigenvalue weighted by Gasteiger charge is -2.12. The van der Waals surface area contributed by atoms with Crippen molar-refractivity contribution in [1.82, 2.24) is 15.3 Å². The number of halogens is 1. The number of benzene rings is 2. The molecule has 3 aromatic rings. The van der Waals surface area contributed by atoms with Crippen LogP contribution in [0.2, 0.25) is 5.15 Å². The summed E-state index contributed by atoms with van der Waals surface area (Å²) >= 11 is 6.11. The van der Waals surface area contributed by atoms with Crippen molar-refractivity contribution in [3.8, 4) is 11.5 Å². The number of carbonyl (C=O) groups is 1. The standard InChI is InChI=1S/C18H16ClN3O3/c1-24-12-7-8-15(25-2)11(9-12)10-20-18(23)16-17(19)22-14-6-4-3-5-13(14)21-16/h3-9H,10H2,1-2H3,(H,20,23). The summed E-state index contributed by atoms with van der Waals surface area (Å²) < 4.78 is 10.5. The maximum atomic E-state index is 12.5. The molecule has 0 aliphatic rings. The van der Waals surface area contributed by atoms with Crippen LogP contribution in [0, 0.1) is 0 Å². The van der Waals surface area contributed by atoms with Crippen molar-refractivity contribution in [2.24, 2.45) is 0 Å². The fourth-order valence-corrected chi connectivity index (χ4v) is 2.62. The first-order valence-electron chi connectivity index (χ1n) is 7.53. The Balaban J connectivity index is 1.82. The zero-order chi connectivity index (χ0) is 17.8. The highest BCUT2D eigenvalue weighted by Crippen LogP contribution is 2.24. The van der Waals surface area contributed by atoms with Crippen LogP contribution in [0.15, 0.2) is 42.5 Å². The second kappa shape index (κ2) is 7.36. The molecule has 0 spiro atoms. The summed E-state index contributed by atoms with van der Waals surface area (Å²) in [7, 11) is 3.15. The summed E-state index contributed by atoms with van der Waals surface area (Å²) in [4.78, 5) is 21.0. The fraction of sp³-hybridized carbons (Fsp3) is 0.167. The minimum atomic E-state index is -0.409. The predicted molar refractivity (Wildman–Crippen MR) is 95.3 cm³/mol. The Bertz CT molecular complexity index is 931. The number of hydrogen-bond donors (Lipinski definition) is 1. The van der Waals surface area contributed by atoms with E-state index in [4.69, 9.17) is 21.1 Å². The molecule has 7 heteroatoms. The molecule has 0 saturated heterocycles. The van der Waals surface area contributed by atoms with Crippen LogP contribution in [0.5, 0.6) is 11.5 Å². The Morgan fingerprint density at radius 2 is 1.80 bits per heavy atom. The van der Waals surface area contributed by atoms with E-state index >= 15 is 0 Å². The highest BCUT2D eigenvalue weighted by Gasteiger charge is 2.16. The van der Waals surface area contributed by atoms with Crippen molar-refractivity contribution in [1.29, 1.82) is 0 Å². The number of nitrogens with zero attached hydrogens (tertiary/aromatic N) is 2. The Hall–Kier alpha value is -2.86. The van der Waals surface area contributed by atoms with Gasteiger partial charge in [0.15, 0.2) is 10.8 Å². The third-order valence-electron chi connectivity index (χ3n) is 3.67. The molecule has 1 N–H and O–H groups in total. The third-order valence-corrected chi connectivity index (χ3v) is 3.93. The van der Waals surface area contributed by atoms with Crippen molar-refractivity contribution in [3.63, 3.8) is 0 Å². The van der Waals surface area contributed by atoms with E-state index in [0.717, 1.165) is 5.56 Å². The highest BCUT2D eigenvalue weighted by atomic mass is 35.5. The van der Waals surface area contributed by atoms with Gasteiger partial charge in [-0.15, -0.1) is 0 Å². The average Bonchev–Trinajstić information content (AvgIpc) is 2.65. The first-order chi connectivity index (χ1) is 12.1. The van der Waals surface area contributed by atoms with Crippen LogP contribution in [-0.4, -0.2) is 30.1 Å². The molecule has 3 rings (SSSR count). The molecule has 0 aliphatic heterocycles. The van der Waals surface area contributed by atoms with Crippen molar-refractivity contribution >= 4 is 28.5 Å². The lowest BCUT2D eigenvalue weighted by molar-refractivity contribution is 0.0946. The number of nitrogens with one attached hydrogen (secondary N) is 1. The summed E-state index contributed by atoms with van der Waals surface area (Å²) in [5, 5.41) is 2.85. The maximum Gasteiger partial charge on any atom is 0.273 e. The predicted octanol–water partition coefficient (Wildman–Crippen LogP) is 3.23. The van der Waals surface area contributed by atoms with Gasteiger partial charge in [0.2, 0.25) is 0 Å². The smallest absolute Gasteiger partial charge is 0.273 e. The fourth-order valence-electron chi connectivity index (χ4n) is 2.40. The number of hydrogen-bond acceptors (Lipinski definition) is 5. The molecule has 1 heterocycles. The molecule has 128 valence electrons. The van der Waals surface area contributed by atoms with E-state index in [2.05, 4.69) is 15.3 Å². The van der Waals surface area contributed by atoms with Crippen LogP contribution < -0.4 is 14.8 Å². The normalized spacial score (nSPS) is 10.5. The number of carbonyl (C=O) groups excluding carboxylic acids is 1. The van der Waals surface area contributed by atoms with Crippen LogP contribution in [0.25, 0.3) is 11.0 Å². The Morgan fingerprint density at radius 3 is 2.48 bits per heavy atom. The maximum absolute atomic E-state index is 12.5. The molecular weight excluding hydrogens is 342 g/mol. The summed E-state index contributed by atoms with van der Waals surface area (Å²) in [6.45, 7) is 0.240. The quantitative estimate of drug-likeness (QED) is 0.759. The molecule has 1 amide bonds. The Kier molecular flexibility index (Phi) is 5.00. The van der Waals surface area contributed by atoms with E-state index in [1.54, 1.807) is 44.6 Å². The molecule has 0 atom stereocenters. The van der Waals surface area contributed by atoms with Crippen LogP contribution in [0.1, 0.15) is 16.1 Å². The lowest BCUT2D eigenvalue weighted by atomic mass is 10.2. The first kappa shape index (κ1) is 17.0. The van der Waals surface area contributed by atoms with Gasteiger partial charge in [0.25, 0.3) is 5.91 Å². The highest BCUT2D eigenvalue weighted by molar-refractivity contribution is 6.32. The monoisotopic (exact) mass is 357 g/mol. The zero-order valence-electron chi connectivity index (χ0n) is 13.7. The molecule has 0 aliphatic carbocycles. The molecule has 0 saturated carbocycles. The van der Waals surface area contributed by atoms with Gasteiger partial charge in [-0.1, -0.05) is 23.7 Å². The summed E-state index contributed by atoms with van der Waals surface area (Å²) in [5.41, 5.74) is 2.11. The molecule has 6 nitrogen and oxygen atoms in total. The Labute approximate surface area is 149 Å². The minimum Gasteiger partial charge on any atom is -0.497 e. The summed E-state index contributed by atoms with van der Waals surface area (Å²) in [6.07, 6.45) is 0. The number of aromatic nitrogens is 2. The van der Waals surface area contributed by atoms with Gasteiger partial charge >= 0.3 is 0 Å². The molecule has 25 heavy (non-hydrogen) atoms.